The average molecular weight is 234 g/mol. The van der Waals surface area contributed by atoms with E-state index in [1.807, 2.05) is 19.1 Å². The molecule has 0 saturated heterocycles. The summed E-state index contributed by atoms with van der Waals surface area (Å²) >= 11 is 0. The number of nitrogens with one attached hydrogen (secondary N) is 1. The number of rotatable bonds is 4. The summed E-state index contributed by atoms with van der Waals surface area (Å²) in [6.07, 6.45) is 5.97. The molecule has 0 bridgehead atoms. The molecule has 2 N–H and O–H groups in total. The number of carboxylic acids is 1. The van der Waals surface area contributed by atoms with Crippen LogP contribution in [-0.4, -0.2) is 21.6 Å². The number of nitrogens with zero attached hydrogens (tertiary/aromatic N) is 1. The molecule has 0 aromatic carbocycles. The Bertz CT molecular complexity index is 394. The van der Waals surface area contributed by atoms with Gasteiger partial charge in [-0.25, -0.2) is 4.98 Å². The number of aromatic nitrogens is 1. The number of aliphatic carboxylic acids is 1. The molecule has 0 aliphatic heterocycles. The summed E-state index contributed by atoms with van der Waals surface area (Å²) < 4.78 is 0. The first-order valence-electron chi connectivity index (χ1n) is 6.02. The van der Waals surface area contributed by atoms with Crippen LogP contribution >= 0.6 is 0 Å². The molecule has 0 atom stereocenters. The highest BCUT2D eigenvalue weighted by molar-refractivity contribution is 5.69. The molecule has 0 radical (unpaired) electrons. The maximum absolute atomic E-state index is 10.9. The Morgan fingerprint density at radius 2 is 2.18 bits per heavy atom. The van der Waals surface area contributed by atoms with Crippen LogP contribution in [0.1, 0.15) is 37.7 Å². The van der Waals surface area contributed by atoms with Gasteiger partial charge in [0, 0.05) is 11.7 Å². The Hall–Kier alpha value is -1.58. The Kier molecular flexibility index (Phi) is 3.31. The molecule has 92 valence electrons. The quantitative estimate of drug-likeness (QED) is 0.840. The number of aryl methyl sites for hydroxylation is 1. The molecule has 1 fully saturated rings. The standard InChI is InChI=1S/C13H18N2O2/c1-10-4-5-11(14-9-10)15-13(8-12(16)17)6-2-3-7-13/h4-5,9H,2-3,6-8H2,1H3,(H,14,15)(H,16,17). The van der Waals surface area contributed by atoms with E-state index in [1.54, 1.807) is 6.20 Å². The largest absolute Gasteiger partial charge is 0.481 e. The number of carboxylic acid groups (broad SMARTS) is 1. The van der Waals surface area contributed by atoms with Crippen molar-refractivity contribution in [1.29, 1.82) is 0 Å². The fourth-order valence-corrected chi connectivity index (χ4v) is 2.50. The smallest absolute Gasteiger partial charge is 0.305 e. The van der Waals surface area contributed by atoms with E-state index in [1.165, 1.54) is 0 Å². The Morgan fingerprint density at radius 1 is 1.47 bits per heavy atom. The van der Waals surface area contributed by atoms with Gasteiger partial charge in [-0.15, -0.1) is 0 Å². The molecule has 2 rings (SSSR count). The van der Waals surface area contributed by atoms with Crippen molar-refractivity contribution >= 4 is 11.8 Å². The molecule has 4 nitrogen and oxygen atoms in total. The molecular formula is C13H18N2O2. The van der Waals surface area contributed by atoms with E-state index in [9.17, 15) is 4.79 Å². The van der Waals surface area contributed by atoms with Crippen molar-refractivity contribution in [3.05, 3.63) is 23.9 Å². The summed E-state index contributed by atoms with van der Waals surface area (Å²) in [5, 5.41) is 12.3. The predicted molar refractivity (Wildman–Crippen MR) is 66.0 cm³/mol. The van der Waals surface area contributed by atoms with E-state index >= 15 is 0 Å². The van der Waals surface area contributed by atoms with Gasteiger partial charge in [0.1, 0.15) is 5.82 Å². The van der Waals surface area contributed by atoms with Gasteiger partial charge in [-0.05, 0) is 31.4 Å². The van der Waals surface area contributed by atoms with Gasteiger partial charge < -0.3 is 10.4 Å². The number of hydrogen-bond donors (Lipinski definition) is 2. The summed E-state index contributed by atoms with van der Waals surface area (Å²) in [6.45, 7) is 1.99. The van der Waals surface area contributed by atoms with Gasteiger partial charge in [0.2, 0.25) is 0 Å². The van der Waals surface area contributed by atoms with Crippen LogP contribution in [0.15, 0.2) is 18.3 Å². The highest BCUT2D eigenvalue weighted by atomic mass is 16.4. The lowest BCUT2D eigenvalue weighted by molar-refractivity contribution is -0.138. The van der Waals surface area contributed by atoms with Gasteiger partial charge in [-0.2, -0.15) is 0 Å². The monoisotopic (exact) mass is 234 g/mol. The summed E-state index contributed by atoms with van der Waals surface area (Å²) in [7, 11) is 0. The van der Waals surface area contributed by atoms with Gasteiger partial charge >= 0.3 is 5.97 Å². The summed E-state index contributed by atoms with van der Waals surface area (Å²) in [4.78, 5) is 15.2. The van der Waals surface area contributed by atoms with E-state index in [4.69, 9.17) is 5.11 Å². The minimum Gasteiger partial charge on any atom is -0.481 e. The second kappa shape index (κ2) is 4.73. The van der Waals surface area contributed by atoms with Crippen LogP contribution < -0.4 is 5.32 Å². The second-order valence-corrected chi connectivity index (χ2v) is 4.90. The third-order valence-corrected chi connectivity index (χ3v) is 3.35. The Morgan fingerprint density at radius 3 is 2.71 bits per heavy atom. The molecule has 0 amide bonds. The Labute approximate surface area is 101 Å². The fraction of sp³-hybridized carbons (Fsp3) is 0.538. The molecule has 1 aliphatic rings. The van der Waals surface area contributed by atoms with E-state index in [0.717, 1.165) is 37.1 Å². The minimum absolute atomic E-state index is 0.169. The molecule has 1 aromatic rings. The summed E-state index contributed by atoms with van der Waals surface area (Å²) in [5.41, 5.74) is 0.808. The van der Waals surface area contributed by atoms with Crippen molar-refractivity contribution < 1.29 is 9.90 Å². The zero-order valence-corrected chi connectivity index (χ0v) is 10.1. The van der Waals surface area contributed by atoms with E-state index < -0.39 is 5.97 Å². The molecule has 1 aliphatic carbocycles. The van der Waals surface area contributed by atoms with Crippen LogP contribution in [0, 0.1) is 6.92 Å². The summed E-state index contributed by atoms with van der Waals surface area (Å²) in [6, 6.07) is 3.90. The third kappa shape index (κ3) is 2.96. The lowest BCUT2D eigenvalue weighted by Crippen LogP contribution is -2.37. The Balaban J connectivity index is 2.12. The number of pyridine rings is 1. The van der Waals surface area contributed by atoms with Crippen LogP contribution in [0.4, 0.5) is 5.82 Å². The molecular weight excluding hydrogens is 216 g/mol. The maximum atomic E-state index is 10.9. The van der Waals surface area contributed by atoms with Crippen molar-refractivity contribution in [2.45, 2.75) is 44.6 Å². The first-order valence-corrected chi connectivity index (χ1v) is 6.02. The first kappa shape index (κ1) is 11.9. The van der Waals surface area contributed by atoms with Gasteiger partial charge in [0.15, 0.2) is 0 Å². The summed E-state index contributed by atoms with van der Waals surface area (Å²) in [5.74, 6) is 0.0326. The van der Waals surface area contributed by atoms with Crippen molar-refractivity contribution in [3.8, 4) is 0 Å². The van der Waals surface area contributed by atoms with Gasteiger partial charge in [0.05, 0.1) is 6.42 Å². The molecule has 0 spiro atoms. The molecule has 4 heteroatoms. The zero-order valence-electron chi connectivity index (χ0n) is 10.1. The lowest BCUT2D eigenvalue weighted by atomic mass is 9.93. The van der Waals surface area contributed by atoms with Gasteiger partial charge in [0.25, 0.3) is 0 Å². The van der Waals surface area contributed by atoms with E-state index in [2.05, 4.69) is 10.3 Å². The van der Waals surface area contributed by atoms with Crippen molar-refractivity contribution in [3.63, 3.8) is 0 Å². The molecule has 0 unspecified atom stereocenters. The van der Waals surface area contributed by atoms with Crippen LogP contribution in [0.5, 0.6) is 0 Å². The zero-order chi connectivity index (χ0) is 12.3. The van der Waals surface area contributed by atoms with Crippen LogP contribution in [0.3, 0.4) is 0 Å². The SMILES string of the molecule is Cc1ccc(NC2(CC(=O)O)CCCC2)nc1. The van der Waals surface area contributed by atoms with Gasteiger partial charge in [-0.3, -0.25) is 4.79 Å². The normalized spacial score (nSPS) is 17.9. The second-order valence-electron chi connectivity index (χ2n) is 4.90. The van der Waals surface area contributed by atoms with Crippen LogP contribution in [0.25, 0.3) is 0 Å². The highest BCUT2D eigenvalue weighted by Gasteiger charge is 2.36. The van der Waals surface area contributed by atoms with Crippen LogP contribution in [-0.2, 0) is 4.79 Å². The van der Waals surface area contributed by atoms with E-state index in [-0.39, 0.29) is 12.0 Å². The highest BCUT2D eigenvalue weighted by Crippen LogP contribution is 2.35. The topological polar surface area (TPSA) is 62.2 Å². The molecule has 17 heavy (non-hydrogen) atoms. The van der Waals surface area contributed by atoms with Crippen molar-refractivity contribution in [2.24, 2.45) is 0 Å². The van der Waals surface area contributed by atoms with Gasteiger partial charge in [-0.1, -0.05) is 18.9 Å². The maximum Gasteiger partial charge on any atom is 0.305 e. The predicted octanol–water partition coefficient (Wildman–Crippen LogP) is 2.59. The average Bonchev–Trinajstić information content (AvgIpc) is 2.69. The van der Waals surface area contributed by atoms with Crippen molar-refractivity contribution in [2.75, 3.05) is 5.32 Å². The van der Waals surface area contributed by atoms with Crippen LogP contribution in [0.2, 0.25) is 0 Å². The van der Waals surface area contributed by atoms with Crippen molar-refractivity contribution in [1.82, 2.24) is 4.98 Å². The lowest BCUT2D eigenvalue weighted by Gasteiger charge is -2.29. The minimum atomic E-state index is -0.744. The van der Waals surface area contributed by atoms with E-state index in [0.29, 0.717) is 0 Å². The number of hydrogen-bond acceptors (Lipinski definition) is 3. The molecule has 1 aromatic heterocycles. The number of carbonyl (C=O) groups is 1. The third-order valence-electron chi connectivity index (χ3n) is 3.35. The molecule has 1 heterocycles. The fourth-order valence-electron chi connectivity index (χ4n) is 2.50. The first-order chi connectivity index (χ1) is 8.10. The number of anilines is 1. The molecule has 1 saturated carbocycles.